The summed E-state index contributed by atoms with van der Waals surface area (Å²) in [6, 6.07) is 17.5. The van der Waals surface area contributed by atoms with Crippen LogP contribution in [0.15, 0.2) is 77.8 Å². The number of hydrogen-bond donors (Lipinski definition) is 1. The first-order valence-electron chi connectivity index (χ1n) is 7.46. The van der Waals surface area contributed by atoms with Crippen molar-refractivity contribution in [2.45, 2.75) is 4.90 Å². The van der Waals surface area contributed by atoms with Gasteiger partial charge in [0.1, 0.15) is 16.7 Å². The molecule has 0 saturated heterocycles. The number of benzene rings is 2. The number of carbonyl (C=O) groups excluding carboxylic acids is 1. The quantitative estimate of drug-likeness (QED) is 0.674. The van der Waals surface area contributed by atoms with Crippen molar-refractivity contribution in [2.24, 2.45) is 0 Å². The van der Waals surface area contributed by atoms with Gasteiger partial charge in [-0.25, -0.2) is 18.1 Å². The Bertz CT molecular complexity index is 1020. The van der Waals surface area contributed by atoms with Crippen LogP contribution in [0.2, 0.25) is 5.15 Å². The van der Waals surface area contributed by atoms with Gasteiger partial charge < -0.3 is 4.74 Å². The zero-order chi connectivity index (χ0) is 18.6. The monoisotopic (exact) mass is 388 g/mol. The summed E-state index contributed by atoms with van der Waals surface area (Å²) in [5, 5.41) is 0.0949. The summed E-state index contributed by atoms with van der Waals surface area (Å²) < 4.78 is 32.3. The van der Waals surface area contributed by atoms with Crippen molar-refractivity contribution >= 4 is 27.5 Å². The van der Waals surface area contributed by atoms with E-state index in [0.29, 0.717) is 11.5 Å². The van der Waals surface area contributed by atoms with Gasteiger partial charge in [0.05, 0.1) is 4.90 Å². The number of halogens is 1. The Labute approximate surface area is 155 Å². The Morgan fingerprint density at radius 1 is 0.962 bits per heavy atom. The molecule has 0 aliphatic carbocycles. The number of rotatable bonds is 5. The summed E-state index contributed by atoms with van der Waals surface area (Å²) in [6.45, 7) is 0. The van der Waals surface area contributed by atoms with E-state index in [1.807, 2.05) is 22.9 Å². The maximum absolute atomic E-state index is 12.3. The number of pyridine rings is 1. The molecule has 0 bridgehead atoms. The van der Waals surface area contributed by atoms with Crippen molar-refractivity contribution in [2.75, 3.05) is 0 Å². The average molecular weight is 389 g/mol. The molecule has 0 aliphatic heterocycles. The molecule has 2 aromatic carbocycles. The lowest BCUT2D eigenvalue weighted by atomic mass is 10.3. The first kappa shape index (κ1) is 17.9. The summed E-state index contributed by atoms with van der Waals surface area (Å²) in [5.74, 6) is 0.312. The maximum Gasteiger partial charge on any atom is 0.265 e. The lowest BCUT2D eigenvalue weighted by Gasteiger charge is -2.09. The van der Waals surface area contributed by atoms with Gasteiger partial charge in [-0.1, -0.05) is 29.8 Å². The number of nitrogens with zero attached hydrogens (tertiary/aromatic N) is 1. The maximum atomic E-state index is 12.3. The highest BCUT2D eigenvalue weighted by Crippen LogP contribution is 2.22. The molecular weight excluding hydrogens is 376 g/mol. The first-order valence-corrected chi connectivity index (χ1v) is 9.32. The molecule has 3 aromatic rings. The molecule has 6 nitrogen and oxygen atoms in total. The highest BCUT2D eigenvalue weighted by atomic mass is 35.5. The summed E-state index contributed by atoms with van der Waals surface area (Å²) in [6.07, 6.45) is 1.32. The summed E-state index contributed by atoms with van der Waals surface area (Å²) in [4.78, 5) is 15.8. The van der Waals surface area contributed by atoms with E-state index >= 15 is 0 Å². The predicted molar refractivity (Wildman–Crippen MR) is 96.9 cm³/mol. The van der Waals surface area contributed by atoms with Crippen LogP contribution in [0.4, 0.5) is 0 Å². The Morgan fingerprint density at radius 2 is 1.62 bits per heavy atom. The zero-order valence-corrected chi connectivity index (χ0v) is 14.9. The molecule has 0 atom stereocenters. The lowest BCUT2D eigenvalue weighted by molar-refractivity contribution is 0.0981. The molecular formula is C18H13ClN2O4S. The number of carbonyl (C=O) groups is 1. The van der Waals surface area contributed by atoms with Gasteiger partial charge in [-0.05, 0) is 48.5 Å². The molecule has 0 fully saturated rings. The number of hydrogen-bond acceptors (Lipinski definition) is 5. The molecule has 8 heteroatoms. The van der Waals surface area contributed by atoms with Gasteiger partial charge in [0.25, 0.3) is 15.9 Å². The number of para-hydroxylation sites is 1. The standard InChI is InChI=1S/C18H13ClN2O4S/c19-17-12-13(10-11-20-17)18(22)21-26(23,24)16-8-6-15(7-9-16)25-14-4-2-1-3-5-14/h1-12H,(H,21,22). The normalized spacial score (nSPS) is 11.0. The third kappa shape index (κ3) is 4.38. The van der Waals surface area contributed by atoms with Gasteiger partial charge in [-0.2, -0.15) is 0 Å². The summed E-state index contributed by atoms with van der Waals surface area (Å²) in [7, 11) is -4.03. The van der Waals surface area contributed by atoms with Gasteiger partial charge in [0, 0.05) is 11.8 Å². The van der Waals surface area contributed by atoms with E-state index in [9.17, 15) is 13.2 Å². The molecule has 26 heavy (non-hydrogen) atoms. The second-order valence-electron chi connectivity index (χ2n) is 5.19. The molecule has 0 unspecified atom stereocenters. The smallest absolute Gasteiger partial charge is 0.265 e. The molecule has 1 heterocycles. The third-order valence-corrected chi connectivity index (χ3v) is 4.88. The minimum atomic E-state index is -4.03. The van der Waals surface area contributed by atoms with Crippen molar-refractivity contribution in [3.05, 3.63) is 83.6 Å². The molecule has 1 aromatic heterocycles. The van der Waals surface area contributed by atoms with Crippen LogP contribution in [-0.4, -0.2) is 19.3 Å². The molecule has 1 N–H and O–H groups in total. The Kier molecular flexibility index (Phi) is 5.20. The predicted octanol–water partition coefficient (Wildman–Crippen LogP) is 3.65. The molecule has 0 radical (unpaired) electrons. The van der Waals surface area contributed by atoms with Gasteiger partial charge in [-0.15, -0.1) is 0 Å². The second-order valence-corrected chi connectivity index (χ2v) is 7.26. The highest BCUT2D eigenvalue weighted by molar-refractivity contribution is 7.90. The Balaban J connectivity index is 1.74. The number of nitrogens with one attached hydrogen (secondary N) is 1. The van der Waals surface area contributed by atoms with Crippen LogP contribution in [0.5, 0.6) is 11.5 Å². The lowest BCUT2D eigenvalue weighted by Crippen LogP contribution is -2.30. The van der Waals surface area contributed by atoms with E-state index < -0.39 is 15.9 Å². The summed E-state index contributed by atoms with van der Waals surface area (Å²) in [5.41, 5.74) is 0.0950. The topological polar surface area (TPSA) is 85.4 Å². The van der Waals surface area contributed by atoms with Crippen LogP contribution in [0.1, 0.15) is 10.4 Å². The van der Waals surface area contributed by atoms with Gasteiger partial charge in [0.2, 0.25) is 0 Å². The Hall–Kier alpha value is -2.90. The van der Waals surface area contributed by atoms with Crippen molar-refractivity contribution < 1.29 is 17.9 Å². The average Bonchev–Trinajstić information content (AvgIpc) is 2.63. The molecule has 1 amide bonds. The van der Waals surface area contributed by atoms with Crippen molar-refractivity contribution in [1.29, 1.82) is 0 Å². The minimum Gasteiger partial charge on any atom is -0.457 e. The fourth-order valence-electron chi connectivity index (χ4n) is 2.10. The van der Waals surface area contributed by atoms with Crippen LogP contribution in [-0.2, 0) is 10.0 Å². The van der Waals surface area contributed by atoms with E-state index in [4.69, 9.17) is 16.3 Å². The number of ether oxygens (including phenoxy) is 1. The van der Waals surface area contributed by atoms with E-state index in [1.165, 1.54) is 42.6 Å². The molecule has 0 saturated carbocycles. The number of amides is 1. The zero-order valence-electron chi connectivity index (χ0n) is 13.3. The van der Waals surface area contributed by atoms with E-state index in [-0.39, 0.29) is 15.6 Å². The fourth-order valence-corrected chi connectivity index (χ4v) is 3.24. The van der Waals surface area contributed by atoms with E-state index in [0.717, 1.165) is 0 Å². The number of aromatic nitrogens is 1. The van der Waals surface area contributed by atoms with Gasteiger partial charge >= 0.3 is 0 Å². The first-order chi connectivity index (χ1) is 12.4. The second kappa shape index (κ2) is 7.55. The third-order valence-electron chi connectivity index (χ3n) is 3.33. The van der Waals surface area contributed by atoms with Gasteiger partial charge in [0.15, 0.2) is 0 Å². The van der Waals surface area contributed by atoms with Crippen LogP contribution in [0, 0.1) is 0 Å². The van der Waals surface area contributed by atoms with Crippen molar-refractivity contribution in [1.82, 2.24) is 9.71 Å². The summed E-state index contributed by atoms with van der Waals surface area (Å²) >= 11 is 5.71. The van der Waals surface area contributed by atoms with Crippen LogP contribution < -0.4 is 9.46 Å². The van der Waals surface area contributed by atoms with E-state index in [2.05, 4.69) is 4.98 Å². The van der Waals surface area contributed by atoms with Crippen LogP contribution in [0.25, 0.3) is 0 Å². The van der Waals surface area contributed by atoms with Gasteiger partial charge in [-0.3, -0.25) is 4.79 Å². The van der Waals surface area contributed by atoms with E-state index in [1.54, 1.807) is 12.1 Å². The van der Waals surface area contributed by atoms with Crippen LogP contribution >= 0.6 is 11.6 Å². The molecule has 0 spiro atoms. The van der Waals surface area contributed by atoms with Crippen LogP contribution in [0.3, 0.4) is 0 Å². The molecule has 0 aliphatic rings. The van der Waals surface area contributed by atoms with Crippen molar-refractivity contribution in [3.8, 4) is 11.5 Å². The number of sulfonamides is 1. The SMILES string of the molecule is O=C(NS(=O)(=O)c1ccc(Oc2ccccc2)cc1)c1ccnc(Cl)c1. The Morgan fingerprint density at radius 3 is 2.27 bits per heavy atom. The minimum absolute atomic E-state index is 0.0635. The van der Waals surface area contributed by atoms with Crippen molar-refractivity contribution in [3.63, 3.8) is 0 Å². The molecule has 3 rings (SSSR count). The highest BCUT2D eigenvalue weighted by Gasteiger charge is 2.19. The molecule has 132 valence electrons. The largest absolute Gasteiger partial charge is 0.457 e. The fraction of sp³-hybridized carbons (Fsp3) is 0.